The van der Waals surface area contributed by atoms with Crippen molar-refractivity contribution >= 4 is 11.8 Å². The van der Waals surface area contributed by atoms with E-state index < -0.39 is 12.1 Å². The van der Waals surface area contributed by atoms with Crippen molar-refractivity contribution in [3.8, 4) is 0 Å². The zero-order valence-electron chi connectivity index (χ0n) is 8.96. The van der Waals surface area contributed by atoms with Gasteiger partial charge in [0, 0.05) is 18.9 Å². The van der Waals surface area contributed by atoms with Gasteiger partial charge in [-0.2, -0.15) is 0 Å². The Labute approximate surface area is 92.9 Å². The Balaban J connectivity index is 2.16. The summed E-state index contributed by atoms with van der Waals surface area (Å²) in [6.45, 7) is 3.21. The molecular formula is C10H13N3O3. The molecule has 16 heavy (non-hydrogen) atoms. The summed E-state index contributed by atoms with van der Waals surface area (Å²) in [5.74, 6) is -0.205. The van der Waals surface area contributed by atoms with Crippen LogP contribution < -0.4 is 4.90 Å². The average molecular weight is 223 g/mol. The van der Waals surface area contributed by atoms with E-state index in [0.29, 0.717) is 19.7 Å². The molecule has 0 aromatic carbocycles. The summed E-state index contributed by atoms with van der Waals surface area (Å²) in [4.78, 5) is 21.1. The quantitative estimate of drug-likeness (QED) is 0.765. The lowest BCUT2D eigenvalue weighted by atomic mass is 10.2. The van der Waals surface area contributed by atoms with E-state index in [2.05, 4.69) is 9.97 Å². The van der Waals surface area contributed by atoms with Gasteiger partial charge in [-0.05, 0) is 6.92 Å². The molecule has 86 valence electrons. The Morgan fingerprint density at radius 3 is 3.00 bits per heavy atom. The van der Waals surface area contributed by atoms with Crippen molar-refractivity contribution in [2.45, 2.75) is 13.0 Å². The maximum atomic E-state index is 10.8. The fourth-order valence-corrected chi connectivity index (χ4v) is 1.70. The van der Waals surface area contributed by atoms with Crippen LogP contribution in [0.2, 0.25) is 0 Å². The molecule has 1 aromatic rings. The number of hydrogen-bond acceptors (Lipinski definition) is 5. The summed E-state index contributed by atoms with van der Waals surface area (Å²) in [5.41, 5.74) is 0.800. The molecule has 2 heterocycles. The number of nitrogens with zero attached hydrogens (tertiary/aromatic N) is 3. The molecule has 1 aromatic heterocycles. The maximum absolute atomic E-state index is 10.8. The van der Waals surface area contributed by atoms with Crippen molar-refractivity contribution in [1.29, 1.82) is 0 Å². The number of carbonyl (C=O) groups is 1. The lowest BCUT2D eigenvalue weighted by molar-refractivity contribution is -0.150. The minimum absolute atomic E-state index is 0.314. The zero-order valence-corrected chi connectivity index (χ0v) is 8.96. The SMILES string of the molecule is Cc1nccnc1N1CCOC(C(=O)O)C1. The van der Waals surface area contributed by atoms with Crippen molar-refractivity contribution < 1.29 is 14.6 Å². The van der Waals surface area contributed by atoms with Crippen LogP contribution in [0.1, 0.15) is 5.69 Å². The Morgan fingerprint density at radius 1 is 1.56 bits per heavy atom. The normalized spacial score (nSPS) is 20.8. The first-order chi connectivity index (χ1) is 7.68. The van der Waals surface area contributed by atoms with Gasteiger partial charge in [-0.1, -0.05) is 0 Å². The number of aliphatic carboxylic acids is 1. The van der Waals surface area contributed by atoms with Crippen molar-refractivity contribution in [3.05, 3.63) is 18.1 Å². The Bertz CT molecular complexity index is 397. The van der Waals surface area contributed by atoms with Crippen LogP contribution in [0.25, 0.3) is 0 Å². The van der Waals surface area contributed by atoms with Gasteiger partial charge < -0.3 is 14.7 Å². The molecule has 0 radical (unpaired) electrons. The number of carboxylic acids is 1. The minimum atomic E-state index is -0.939. The fourth-order valence-electron chi connectivity index (χ4n) is 1.70. The van der Waals surface area contributed by atoms with Crippen LogP contribution in [0.3, 0.4) is 0 Å². The van der Waals surface area contributed by atoms with Gasteiger partial charge in [-0.25, -0.2) is 9.78 Å². The fraction of sp³-hybridized carbons (Fsp3) is 0.500. The highest BCUT2D eigenvalue weighted by Crippen LogP contribution is 2.17. The predicted octanol–water partition coefficient (Wildman–Crippen LogP) is 0.0748. The third-order valence-corrected chi connectivity index (χ3v) is 2.50. The molecule has 0 bridgehead atoms. The number of aromatic nitrogens is 2. The highest BCUT2D eigenvalue weighted by molar-refractivity contribution is 5.73. The van der Waals surface area contributed by atoms with Crippen LogP contribution in [-0.4, -0.2) is 46.8 Å². The molecule has 2 rings (SSSR count). The Kier molecular flexibility index (Phi) is 3.00. The van der Waals surface area contributed by atoms with E-state index in [1.807, 2.05) is 11.8 Å². The molecule has 0 amide bonds. The van der Waals surface area contributed by atoms with Crippen LogP contribution in [-0.2, 0) is 9.53 Å². The molecule has 0 spiro atoms. The molecule has 6 heteroatoms. The molecule has 0 aliphatic carbocycles. The lowest BCUT2D eigenvalue weighted by Gasteiger charge is -2.32. The molecule has 6 nitrogen and oxygen atoms in total. The van der Waals surface area contributed by atoms with Crippen LogP contribution in [0.5, 0.6) is 0 Å². The molecule has 1 unspecified atom stereocenters. The summed E-state index contributed by atoms with van der Waals surface area (Å²) in [6, 6.07) is 0. The van der Waals surface area contributed by atoms with Crippen LogP contribution in [0.4, 0.5) is 5.82 Å². The van der Waals surface area contributed by atoms with E-state index >= 15 is 0 Å². The summed E-state index contributed by atoms with van der Waals surface area (Å²) in [6.07, 6.45) is 2.44. The smallest absolute Gasteiger partial charge is 0.334 e. The Morgan fingerprint density at radius 2 is 2.31 bits per heavy atom. The first-order valence-electron chi connectivity index (χ1n) is 5.05. The number of morpholine rings is 1. The molecule has 1 aliphatic rings. The molecule has 1 N–H and O–H groups in total. The van der Waals surface area contributed by atoms with Crippen molar-refractivity contribution in [1.82, 2.24) is 9.97 Å². The van der Waals surface area contributed by atoms with Gasteiger partial charge in [0.05, 0.1) is 18.8 Å². The molecular weight excluding hydrogens is 210 g/mol. The summed E-state index contributed by atoms with van der Waals surface area (Å²) in [5, 5.41) is 8.88. The van der Waals surface area contributed by atoms with Gasteiger partial charge in [0.15, 0.2) is 6.10 Å². The van der Waals surface area contributed by atoms with Crippen molar-refractivity contribution in [2.75, 3.05) is 24.6 Å². The van der Waals surface area contributed by atoms with E-state index in [1.165, 1.54) is 0 Å². The average Bonchev–Trinajstić information content (AvgIpc) is 2.30. The summed E-state index contributed by atoms with van der Waals surface area (Å²) >= 11 is 0. The molecule has 0 saturated carbocycles. The van der Waals surface area contributed by atoms with E-state index in [1.54, 1.807) is 12.4 Å². The maximum Gasteiger partial charge on any atom is 0.334 e. The number of carboxylic acid groups (broad SMARTS) is 1. The van der Waals surface area contributed by atoms with Gasteiger partial charge in [-0.3, -0.25) is 4.98 Å². The van der Waals surface area contributed by atoms with Crippen LogP contribution in [0.15, 0.2) is 12.4 Å². The molecule has 1 atom stereocenters. The van der Waals surface area contributed by atoms with Gasteiger partial charge in [0.1, 0.15) is 5.82 Å². The van der Waals surface area contributed by atoms with E-state index in [4.69, 9.17) is 9.84 Å². The van der Waals surface area contributed by atoms with Gasteiger partial charge in [-0.15, -0.1) is 0 Å². The number of hydrogen-bond donors (Lipinski definition) is 1. The highest BCUT2D eigenvalue weighted by atomic mass is 16.5. The topological polar surface area (TPSA) is 75.5 Å². The monoisotopic (exact) mass is 223 g/mol. The van der Waals surface area contributed by atoms with Crippen molar-refractivity contribution in [2.24, 2.45) is 0 Å². The van der Waals surface area contributed by atoms with Gasteiger partial charge >= 0.3 is 5.97 Å². The lowest BCUT2D eigenvalue weighted by Crippen LogP contribution is -2.46. The zero-order chi connectivity index (χ0) is 11.5. The Hall–Kier alpha value is -1.69. The van der Waals surface area contributed by atoms with Crippen LogP contribution in [0, 0.1) is 6.92 Å². The number of aryl methyl sites for hydroxylation is 1. The summed E-state index contributed by atoms with van der Waals surface area (Å²) in [7, 11) is 0. The van der Waals surface area contributed by atoms with E-state index in [-0.39, 0.29) is 0 Å². The first-order valence-corrected chi connectivity index (χ1v) is 5.05. The second-order valence-corrected chi connectivity index (χ2v) is 3.61. The second-order valence-electron chi connectivity index (χ2n) is 3.61. The highest BCUT2D eigenvalue weighted by Gasteiger charge is 2.27. The number of anilines is 1. The third-order valence-electron chi connectivity index (χ3n) is 2.50. The number of ether oxygens (including phenoxy) is 1. The predicted molar refractivity (Wildman–Crippen MR) is 56.4 cm³/mol. The van der Waals surface area contributed by atoms with Crippen LogP contribution >= 0.6 is 0 Å². The van der Waals surface area contributed by atoms with E-state index in [0.717, 1.165) is 11.5 Å². The molecule has 1 saturated heterocycles. The first kappa shape index (κ1) is 10.8. The standard InChI is InChI=1S/C10H13N3O3/c1-7-9(12-3-2-11-7)13-4-5-16-8(6-13)10(14)15/h2-3,8H,4-6H2,1H3,(H,14,15). The molecule has 1 aliphatic heterocycles. The van der Waals surface area contributed by atoms with E-state index in [9.17, 15) is 4.79 Å². The molecule has 1 fully saturated rings. The largest absolute Gasteiger partial charge is 0.479 e. The number of rotatable bonds is 2. The van der Waals surface area contributed by atoms with Gasteiger partial charge in [0.25, 0.3) is 0 Å². The van der Waals surface area contributed by atoms with Gasteiger partial charge in [0.2, 0.25) is 0 Å². The second kappa shape index (κ2) is 4.44. The third kappa shape index (κ3) is 2.11. The van der Waals surface area contributed by atoms with Crippen molar-refractivity contribution in [3.63, 3.8) is 0 Å². The minimum Gasteiger partial charge on any atom is -0.479 e. The summed E-state index contributed by atoms with van der Waals surface area (Å²) < 4.78 is 5.14.